The summed E-state index contributed by atoms with van der Waals surface area (Å²) in [5, 5.41) is 3.00. The van der Waals surface area contributed by atoms with Crippen molar-refractivity contribution >= 4 is 39.3 Å². The molecule has 6 atom stereocenters. The van der Waals surface area contributed by atoms with Gasteiger partial charge in [-0.2, -0.15) is 0 Å². The molecule has 6 aliphatic rings. The Hall–Kier alpha value is -1.95. The van der Waals surface area contributed by atoms with E-state index in [0.29, 0.717) is 11.8 Å². The molecule has 1 N–H and O–H groups in total. The first-order valence-corrected chi connectivity index (χ1v) is 11.9. The summed E-state index contributed by atoms with van der Waals surface area (Å²) >= 11 is 3.40. The van der Waals surface area contributed by atoms with Gasteiger partial charge in [0.2, 0.25) is 17.7 Å². The van der Waals surface area contributed by atoms with Crippen LogP contribution in [0.2, 0.25) is 0 Å². The molecule has 0 radical (unpaired) electrons. The van der Waals surface area contributed by atoms with Crippen LogP contribution < -0.4 is 5.32 Å². The Morgan fingerprint density at radius 3 is 2.03 bits per heavy atom. The van der Waals surface area contributed by atoms with E-state index in [2.05, 4.69) is 33.4 Å². The third-order valence-corrected chi connectivity index (χ3v) is 8.77. The number of nitrogens with zero attached hydrogens (tertiary/aromatic N) is 1. The van der Waals surface area contributed by atoms with E-state index in [1.54, 1.807) is 4.90 Å². The monoisotopic (exact) mass is 468 g/mol. The van der Waals surface area contributed by atoms with Gasteiger partial charge in [0.25, 0.3) is 0 Å². The van der Waals surface area contributed by atoms with Gasteiger partial charge in [0, 0.05) is 22.1 Å². The van der Waals surface area contributed by atoms with Crippen molar-refractivity contribution in [3.05, 3.63) is 40.9 Å². The Morgan fingerprint density at radius 1 is 0.900 bits per heavy atom. The predicted octanol–water partition coefficient (Wildman–Crippen LogP) is 4.00. The van der Waals surface area contributed by atoms with Gasteiger partial charge in [-0.3, -0.25) is 19.3 Å². The lowest BCUT2D eigenvalue weighted by molar-refractivity contribution is -0.144. The molecule has 0 aromatic heterocycles. The van der Waals surface area contributed by atoms with Gasteiger partial charge >= 0.3 is 0 Å². The van der Waals surface area contributed by atoms with Gasteiger partial charge in [0.1, 0.15) is 0 Å². The van der Waals surface area contributed by atoms with Gasteiger partial charge in [0.05, 0.1) is 11.8 Å². The smallest absolute Gasteiger partial charge is 0.233 e. The maximum atomic E-state index is 13.3. The van der Waals surface area contributed by atoms with Crippen molar-refractivity contribution in [2.45, 2.75) is 38.1 Å². The molecule has 3 amide bonds. The minimum Gasteiger partial charge on any atom is -0.326 e. The summed E-state index contributed by atoms with van der Waals surface area (Å²) in [4.78, 5) is 40.8. The Kier molecular flexibility index (Phi) is 4.24. The van der Waals surface area contributed by atoms with Crippen LogP contribution in [-0.4, -0.2) is 28.7 Å². The molecule has 3 saturated carbocycles. The fraction of sp³-hybridized carbons (Fsp3) is 0.542. The van der Waals surface area contributed by atoms with Gasteiger partial charge in [0.15, 0.2) is 0 Å². The maximum absolute atomic E-state index is 13.3. The standard InChI is InChI=1S/C24H25BrN2O3/c25-13-3-5-14(6-4-13)26-22(28)12-1-7-15(8-2-12)27-23(29)20-16-9-10-17(19-11-18(16)19)21(20)24(27)30/h3-6,9-10,12,15-21H,1-2,7-8,11H2,(H,26,28)/t12?,15?,16-,17-,18-,19-,20-,21+/m0/s1. The second-order valence-electron chi connectivity index (χ2n) is 9.70. The molecule has 4 fully saturated rings. The molecule has 5 nitrogen and oxygen atoms in total. The number of benzene rings is 1. The number of rotatable bonds is 3. The quantitative estimate of drug-likeness (QED) is 0.538. The normalized spacial score (nSPS) is 40.9. The highest BCUT2D eigenvalue weighted by Crippen LogP contribution is 2.65. The average Bonchev–Trinajstić information content (AvgIpc) is 3.53. The number of likely N-dealkylation sites (tertiary alicyclic amines) is 1. The van der Waals surface area contributed by atoms with Crippen LogP contribution in [0.1, 0.15) is 32.1 Å². The topological polar surface area (TPSA) is 66.5 Å². The van der Waals surface area contributed by atoms with Crippen LogP contribution in [0.4, 0.5) is 5.69 Å². The van der Waals surface area contributed by atoms with E-state index in [0.717, 1.165) is 35.8 Å². The lowest BCUT2D eigenvalue weighted by Gasteiger charge is -2.37. The molecule has 1 aromatic rings. The van der Waals surface area contributed by atoms with Gasteiger partial charge in [-0.25, -0.2) is 0 Å². The van der Waals surface area contributed by atoms with E-state index in [4.69, 9.17) is 0 Å². The van der Waals surface area contributed by atoms with Crippen LogP contribution in [0.25, 0.3) is 0 Å². The number of carbonyl (C=O) groups excluding carboxylic acids is 3. The minimum atomic E-state index is -0.116. The predicted molar refractivity (Wildman–Crippen MR) is 115 cm³/mol. The zero-order valence-electron chi connectivity index (χ0n) is 16.7. The van der Waals surface area contributed by atoms with Gasteiger partial charge in [-0.1, -0.05) is 28.1 Å². The molecular weight excluding hydrogens is 444 g/mol. The van der Waals surface area contributed by atoms with Crippen molar-refractivity contribution in [2.75, 3.05) is 5.32 Å². The molecule has 0 unspecified atom stereocenters. The third kappa shape index (κ3) is 2.75. The van der Waals surface area contributed by atoms with Crippen LogP contribution >= 0.6 is 15.9 Å². The highest BCUT2D eigenvalue weighted by atomic mass is 79.9. The first-order valence-electron chi connectivity index (χ1n) is 11.1. The summed E-state index contributed by atoms with van der Waals surface area (Å²) in [5.74, 6) is 1.70. The lowest BCUT2D eigenvalue weighted by Crippen LogP contribution is -2.44. The number of imide groups is 1. The number of amides is 3. The molecule has 1 saturated heterocycles. The van der Waals surface area contributed by atoms with Crippen molar-refractivity contribution in [2.24, 2.45) is 41.4 Å². The Balaban J connectivity index is 1.11. The molecular formula is C24H25BrN2O3. The fourth-order valence-electron chi connectivity index (χ4n) is 6.71. The van der Waals surface area contributed by atoms with E-state index >= 15 is 0 Å². The van der Waals surface area contributed by atoms with Gasteiger partial charge < -0.3 is 5.32 Å². The van der Waals surface area contributed by atoms with E-state index in [-0.39, 0.29) is 53.4 Å². The van der Waals surface area contributed by atoms with Crippen LogP contribution in [0.5, 0.6) is 0 Å². The van der Waals surface area contributed by atoms with Crippen LogP contribution in [0.15, 0.2) is 40.9 Å². The number of hydrogen-bond donors (Lipinski definition) is 1. The van der Waals surface area contributed by atoms with E-state index in [9.17, 15) is 14.4 Å². The van der Waals surface area contributed by atoms with Crippen LogP contribution in [0, 0.1) is 41.4 Å². The molecule has 1 heterocycles. The zero-order chi connectivity index (χ0) is 20.6. The Bertz CT molecular complexity index is 914. The minimum absolute atomic E-state index is 0.0332. The molecule has 1 aromatic carbocycles. The van der Waals surface area contributed by atoms with Gasteiger partial charge in [-0.15, -0.1) is 0 Å². The number of carbonyl (C=O) groups is 3. The summed E-state index contributed by atoms with van der Waals surface area (Å²) in [6.07, 6.45) is 8.52. The van der Waals surface area contributed by atoms with Crippen molar-refractivity contribution in [1.29, 1.82) is 0 Å². The number of anilines is 1. The number of halogens is 1. The highest BCUT2D eigenvalue weighted by molar-refractivity contribution is 9.10. The van der Waals surface area contributed by atoms with Gasteiger partial charge in [-0.05, 0) is 80.0 Å². The molecule has 5 aliphatic carbocycles. The molecule has 0 spiro atoms. The number of nitrogens with one attached hydrogen (secondary N) is 1. The Labute approximate surface area is 184 Å². The van der Waals surface area contributed by atoms with Crippen molar-refractivity contribution in [3.63, 3.8) is 0 Å². The second kappa shape index (κ2) is 6.78. The largest absolute Gasteiger partial charge is 0.326 e. The maximum Gasteiger partial charge on any atom is 0.233 e. The lowest BCUT2D eigenvalue weighted by atomic mass is 9.63. The first-order chi connectivity index (χ1) is 14.5. The zero-order valence-corrected chi connectivity index (χ0v) is 18.3. The third-order valence-electron chi connectivity index (χ3n) is 8.24. The second-order valence-corrected chi connectivity index (χ2v) is 10.6. The number of allylic oxidation sites excluding steroid dienone is 2. The Morgan fingerprint density at radius 2 is 1.47 bits per heavy atom. The average molecular weight is 469 g/mol. The molecule has 156 valence electrons. The van der Waals surface area contributed by atoms with Crippen LogP contribution in [0.3, 0.4) is 0 Å². The highest BCUT2D eigenvalue weighted by Gasteiger charge is 2.67. The summed E-state index contributed by atoms with van der Waals surface area (Å²) in [6.45, 7) is 0. The molecule has 7 rings (SSSR count). The molecule has 2 bridgehead atoms. The van der Waals surface area contributed by atoms with E-state index in [1.807, 2.05) is 24.3 Å². The molecule has 1 aliphatic heterocycles. The summed E-state index contributed by atoms with van der Waals surface area (Å²) in [5.41, 5.74) is 0.792. The van der Waals surface area contributed by atoms with E-state index < -0.39 is 0 Å². The number of hydrogen-bond acceptors (Lipinski definition) is 3. The van der Waals surface area contributed by atoms with E-state index in [1.165, 1.54) is 6.42 Å². The fourth-order valence-corrected chi connectivity index (χ4v) is 6.98. The molecule has 6 heteroatoms. The van der Waals surface area contributed by atoms with Crippen molar-refractivity contribution in [1.82, 2.24) is 4.90 Å². The molecule has 30 heavy (non-hydrogen) atoms. The van der Waals surface area contributed by atoms with Crippen LogP contribution in [-0.2, 0) is 14.4 Å². The summed E-state index contributed by atoms with van der Waals surface area (Å²) in [6, 6.07) is 7.53. The first kappa shape index (κ1) is 18.8. The summed E-state index contributed by atoms with van der Waals surface area (Å²) in [7, 11) is 0. The summed E-state index contributed by atoms with van der Waals surface area (Å²) < 4.78 is 0.975. The SMILES string of the molecule is O=C(Nc1ccc(Br)cc1)C1CCC(N2C(=O)[C@@H]3[C@H]4C=C[C@@H]([C@@H]5C[C@@H]45)[C@@H]3C2=O)CC1. The van der Waals surface area contributed by atoms with Crippen molar-refractivity contribution in [3.8, 4) is 0 Å². The van der Waals surface area contributed by atoms with Crippen molar-refractivity contribution < 1.29 is 14.4 Å².